The van der Waals surface area contributed by atoms with E-state index in [0.717, 1.165) is 12.8 Å². The smallest absolute Gasteiger partial charge is 0.164 e. The SMILES string of the molecule is CC1(C)O[C@H]2CCC=C[C@H]2O1. The summed E-state index contributed by atoms with van der Waals surface area (Å²) in [6.45, 7) is 3.94. The fraction of sp³-hybridized carbons (Fsp3) is 0.778. The summed E-state index contributed by atoms with van der Waals surface area (Å²) in [6.07, 6.45) is 7.02. The fourth-order valence-electron chi connectivity index (χ4n) is 1.74. The average molecular weight is 154 g/mol. The van der Waals surface area contributed by atoms with Crippen LogP contribution in [0.2, 0.25) is 0 Å². The zero-order valence-corrected chi connectivity index (χ0v) is 7.04. The minimum absolute atomic E-state index is 0.207. The molecule has 0 amide bonds. The Kier molecular flexibility index (Phi) is 1.55. The van der Waals surface area contributed by atoms with Gasteiger partial charge >= 0.3 is 0 Å². The Balaban J connectivity index is 2.12. The van der Waals surface area contributed by atoms with Gasteiger partial charge in [-0.1, -0.05) is 12.2 Å². The maximum atomic E-state index is 5.68. The second-order valence-electron chi connectivity index (χ2n) is 3.64. The molecule has 1 fully saturated rings. The van der Waals surface area contributed by atoms with Crippen LogP contribution in [0.1, 0.15) is 26.7 Å². The maximum Gasteiger partial charge on any atom is 0.164 e. The molecule has 1 saturated heterocycles. The molecule has 2 aliphatic rings. The molecule has 62 valence electrons. The van der Waals surface area contributed by atoms with E-state index in [4.69, 9.17) is 9.47 Å². The second-order valence-corrected chi connectivity index (χ2v) is 3.64. The van der Waals surface area contributed by atoms with Crippen molar-refractivity contribution in [2.45, 2.75) is 44.7 Å². The third kappa shape index (κ3) is 1.33. The van der Waals surface area contributed by atoms with Gasteiger partial charge < -0.3 is 9.47 Å². The van der Waals surface area contributed by atoms with Crippen molar-refractivity contribution in [3.05, 3.63) is 12.2 Å². The summed E-state index contributed by atoms with van der Waals surface area (Å²) < 4.78 is 11.3. The van der Waals surface area contributed by atoms with Gasteiger partial charge in [-0.05, 0) is 26.7 Å². The molecule has 1 aliphatic heterocycles. The lowest BCUT2D eigenvalue weighted by Crippen LogP contribution is -2.22. The summed E-state index contributed by atoms with van der Waals surface area (Å²) in [6, 6.07) is 0. The largest absolute Gasteiger partial charge is 0.344 e. The number of hydrogen-bond donors (Lipinski definition) is 0. The van der Waals surface area contributed by atoms with Gasteiger partial charge in [0.25, 0.3) is 0 Å². The molecular formula is C9H14O2. The number of fused-ring (bicyclic) bond motifs is 1. The van der Waals surface area contributed by atoms with Crippen LogP contribution >= 0.6 is 0 Å². The van der Waals surface area contributed by atoms with Gasteiger partial charge in [0.2, 0.25) is 0 Å². The van der Waals surface area contributed by atoms with Crippen LogP contribution in [0.5, 0.6) is 0 Å². The van der Waals surface area contributed by atoms with Crippen LogP contribution in [-0.4, -0.2) is 18.0 Å². The lowest BCUT2D eigenvalue weighted by molar-refractivity contribution is -0.142. The van der Waals surface area contributed by atoms with E-state index in [9.17, 15) is 0 Å². The molecule has 0 aromatic carbocycles. The Bertz CT molecular complexity index is 184. The second kappa shape index (κ2) is 2.32. The fourth-order valence-corrected chi connectivity index (χ4v) is 1.74. The van der Waals surface area contributed by atoms with Gasteiger partial charge in [-0.2, -0.15) is 0 Å². The summed E-state index contributed by atoms with van der Waals surface area (Å²) >= 11 is 0. The highest BCUT2D eigenvalue weighted by Crippen LogP contribution is 2.33. The van der Waals surface area contributed by atoms with Crippen LogP contribution in [0.15, 0.2) is 12.2 Å². The van der Waals surface area contributed by atoms with Crippen molar-refractivity contribution < 1.29 is 9.47 Å². The summed E-state index contributed by atoms with van der Waals surface area (Å²) in [5, 5.41) is 0. The molecule has 2 nitrogen and oxygen atoms in total. The molecule has 2 heteroatoms. The summed E-state index contributed by atoms with van der Waals surface area (Å²) in [5.41, 5.74) is 0. The number of hydrogen-bond acceptors (Lipinski definition) is 2. The first-order valence-corrected chi connectivity index (χ1v) is 4.20. The van der Waals surface area contributed by atoms with E-state index < -0.39 is 0 Å². The van der Waals surface area contributed by atoms with E-state index >= 15 is 0 Å². The summed E-state index contributed by atoms with van der Waals surface area (Å²) in [5.74, 6) is -0.371. The van der Waals surface area contributed by atoms with Gasteiger partial charge in [0.05, 0.1) is 6.10 Å². The Morgan fingerprint density at radius 2 is 2.18 bits per heavy atom. The first-order valence-electron chi connectivity index (χ1n) is 4.20. The standard InChI is InChI=1S/C9H14O2/c1-9(2)10-7-5-3-4-6-8(7)11-9/h3,5,7-8H,4,6H2,1-2H3/t7-,8+/m1/s1. The van der Waals surface area contributed by atoms with Crippen LogP contribution in [0.25, 0.3) is 0 Å². The number of allylic oxidation sites excluding steroid dienone is 1. The zero-order valence-electron chi connectivity index (χ0n) is 7.04. The van der Waals surface area contributed by atoms with Gasteiger partial charge in [-0.3, -0.25) is 0 Å². The molecule has 2 rings (SSSR count). The minimum Gasteiger partial charge on any atom is -0.344 e. The monoisotopic (exact) mass is 154 g/mol. The van der Waals surface area contributed by atoms with E-state index in [1.807, 2.05) is 13.8 Å². The molecule has 1 aliphatic carbocycles. The van der Waals surface area contributed by atoms with E-state index in [0.29, 0.717) is 6.10 Å². The quantitative estimate of drug-likeness (QED) is 0.496. The van der Waals surface area contributed by atoms with Crippen LogP contribution in [0, 0.1) is 0 Å². The van der Waals surface area contributed by atoms with Crippen LogP contribution in [-0.2, 0) is 9.47 Å². The Morgan fingerprint density at radius 3 is 2.91 bits per heavy atom. The van der Waals surface area contributed by atoms with Gasteiger partial charge in [0.1, 0.15) is 6.10 Å². The number of rotatable bonds is 0. The first-order chi connectivity index (χ1) is 5.17. The molecule has 0 bridgehead atoms. The van der Waals surface area contributed by atoms with Crippen LogP contribution < -0.4 is 0 Å². The highest BCUT2D eigenvalue weighted by molar-refractivity contribution is 5.02. The highest BCUT2D eigenvalue weighted by atomic mass is 16.7. The topological polar surface area (TPSA) is 18.5 Å². The molecule has 0 saturated carbocycles. The Hall–Kier alpha value is -0.340. The maximum absolute atomic E-state index is 5.68. The van der Waals surface area contributed by atoms with Gasteiger partial charge in [-0.15, -0.1) is 0 Å². The third-order valence-electron chi connectivity index (χ3n) is 2.17. The average Bonchev–Trinajstić information content (AvgIpc) is 2.21. The van der Waals surface area contributed by atoms with Crippen molar-refractivity contribution in [2.24, 2.45) is 0 Å². The Labute approximate surface area is 67.2 Å². The van der Waals surface area contributed by atoms with E-state index in [2.05, 4.69) is 12.2 Å². The van der Waals surface area contributed by atoms with E-state index in [1.54, 1.807) is 0 Å². The van der Waals surface area contributed by atoms with Crippen molar-refractivity contribution in [2.75, 3.05) is 0 Å². The normalized spacial score (nSPS) is 40.5. The van der Waals surface area contributed by atoms with Gasteiger partial charge in [-0.25, -0.2) is 0 Å². The molecule has 0 N–H and O–H groups in total. The molecule has 0 spiro atoms. The Morgan fingerprint density at radius 1 is 1.36 bits per heavy atom. The lowest BCUT2D eigenvalue weighted by Gasteiger charge is -2.16. The minimum atomic E-state index is -0.371. The highest BCUT2D eigenvalue weighted by Gasteiger charge is 2.40. The first kappa shape index (κ1) is 7.32. The zero-order chi connectivity index (χ0) is 7.90. The molecular weight excluding hydrogens is 140 g/mol. The molecule has 0 aromatic rings. The molecule has 0 unspecified atom stereocenters. The van der Waals surface area contributed by atoms with Crippen molar-refractivity contribution in [1.82, 2.24) is 0 Å². The lowest BCUT2D eigenvalue weighted by atomic mass is 10.0. The van der Waals surface area contributed by atoms with Crippen molar-refractivity contribution in [1.29, 1.82) is 0 Å². The van der Waals surface area contributed by atoms with E-state index in [-0.39, 0.29) is 11.9 Å². The van der Waals surface area contributed by atoms with Crippen molar-refractivity contribution in [3.8, 4) is 0 Å². The third-order valence-corrected chi connectivity index (χ3v) is 2.17. The van der Waals surface area contributed by atoms with Crippen LogP contribution in [0.4, 0.5) is 0 Å². The predicted molar refractivity (Wildman–Crippen MR) is 42.2 cm³/mol. The summed E-state index contributed by atoms with van der Waals surface area (Å²) in [4.78, 5) is 0. The molecule has 0 aromatic heterocycles. The van der Waals surface area contributed by atoms with Crippen LogP contribution in [0.3, 0.4) is 0 Å². The number of ether oxygens (including phenoxy) is 2. The predicted octanol–water partition coefficient (Wildman–Crippen LogP) is 1.86. The molecule has 0 radical (unpaired) electrons. The molecule has 11 heavy (non-hydrogen) atoms. The van der Waals surface area contributed by atoms with Gasteiger partial charge in [0.15, 0.2) is 5.79 Å². The van der Waals surface area contributed by atoms with Gasteiger partial charge in [0, 0.05) is 0 Å². The molecule has 1 heterocycles. The van der Waals surface area contributed by atoms with E-state index in [1.165, 1.54) is 0 Å². The molecule has 2 atom stereocenters. The van der Waals surface area contributed by atoms with Crippen molar-refractivity contribution in [3.63, 3.8) is 0 Å². The summed E-state index contributed by atoms with van der Waals surface area (Å²) in [7, 11) is 0. The van der Waals surface area contributed by atoms with Crippen molar-refractivity contribution >= 4 is 0 Å².